The molecular formula is C18H21N3O4. The molecule has 0 radical (unpaired) electrons. The molecule has 1 aromatic carbocycles. The summed E-state index contributed by atoms with van der Waals surface area (Å²) in [6.07, 6.45) is 2.09. The number of methoxy groups -OCH3 is 1. The first-order valence-corrected chi connectivity index (χ1v) is 8.65. The maximum absolute atomic E-state index is 12.6. The summed E-state index contributed by atoms with van der Waals surface area (Å²) in [5, 5.41) is 2.95. The number of benzene rings is 1. The van der Waals surface area contributed by atoms with Gasteiger partial charge in [-0.1, -0.05) is 12.1 Å². The van der Waals surface area contributed by atoms with E-state index in [0.29, 0.717) is 30.8 Å². The number of piperazine rings is 1. The first kappa shape index (κ1) is 15.9. The van der Waals surface area contributed by atoms with Gasteiger partial charge in [0, 0.05) is 19.1 Å². The molecule has 0 unspecified atom stereocenters. The highest BCUT2D eigenvalue weighted by Crippen LogP contribution is 2.32. The Morgan fingerprint density at radius 2 is 1.92 bits per heavy atom. The molecule has 3 aliphatic rings. The Morgan fingerprint density at radius 3 is 2.72 bits per heavy atom. The normalized spacial score (nSPS) is 28.0. The van der Waals surface area contributed by atoms with E-state index in [1.807, 2.05) is 0 Å². The van der Waals surface area contributed by atoms with Crippen LogP contribution in [0.25, 0.3) is 0 Å². The number of fused-ring (bicyclic) bond motifs is 2. The first-order valence-electron chi connectivity index (χ1n) is 8.65. The van der Waals surface area contributed by atoms with Crippen molar-refractivity contribution in [3.8, 4) is 5.75 Å². The first-order chi connectivity index (χ1) is 12.1. The molecule has 1 N–H and O–H groups in total. The Morgan fingerprint density at radius 1 is 1.16 bits per heavy atom. The van der Waals surface area contributed by atoms with Gasteiger partial charge in [-0.2, -0.15) is 0 Å². The molecule has 3 heterocycles. The van der Waals surface area contributed by atoms with Crippen LogP contribution >= 0.6 is 0 Å². The average molecular weight is 343 g/mol. The van der Waals surface area contributed by atoms with E-state index in [-0.39, 0.29) is 29.8 Å². The SMILES string of the molecule is COc1ccccc1C(=O)N[C@H]1C[C@H]2C(=O)N3CCC[C@H]3C(=O)N2C1. The summed E-state index contributed by atoms with van der Waals surface area (Å²) in [6.45, 7) is 1.05. The highest BCUT2D eigenvalue weighted by atomic mass is 16.5. The lowest BCUT2D eigenvalue weighted by molar-refractivity contribution is -0.156. The number of hydrogen-bond acceptors (Lipinski definition) is 4. The fraction of sp³-hybridized carbons (Fsp3) is 0.500. The van der Waals surface area contributed by atoms with Gasteiger partial charge >= 0.3 is 0 Å². The largest absolute Gasteiger partial charge is 0.496 e. The summed E-state index contributed by atoms with van der Waals surface area (Å²) in [7, 11) is 1.52. The molecule has 0 spiro atoms. The average Bonchev–Trinajstić information content (AvgIpc) is 3.27. The Hall–Kier alpha value is -2.57. The van der Waals surface area contributed by atoms with Crippen LogP contribution in [0.5, 0.6) is 5.75 Å². The van der Waals surface area contributed by atoms with Crippen molar-refractivity contribution < 1.29 is 19.1 Å². The van der Waals surface area contributed by atoms with E-state index in [2.05, 4.69) is 5.32 Å². The molecule has 0 bridgehead atoms. The van der Waals surface area contributed by atoms with Crippen molar-refractivity contribution in [2.24, 2.45) is 0 Å². The molecule has 4 rings (SSSR count). The second kappa shape index (κ2) is 6.06. The molecule has 7 nitrogen and oxygen atoms in total. The lowest BCUT2D eigenvalue weighted by Gasteiger charge is -2.38. The molecule has 0 saturated carbocycles. The van der Waals surface area contributed by atoms with Crippen molar-refractivity contribution in [2.75, 3.05) is 20.2 Å². The van der Waals surface area contributed by atoms with Crippen LogP contribution in [0.1, 0.15) is 29.6 Å². The van der Waals surface area contributed by atoms with Crippen molar-refractivity contribution >= 4 is 17.7 Å². The van der Waals surface area contributed by atoms with Crippen molar-refractivity contribution in [3.05, 3.63) is 29.8 Å². The van der Waals surface area contributed by atoms with Crippen LogP contribution in [0.2, 0.25) is 0 Å². The maximum atomic E-state index is 12.6. The third-order valence-electron chi connectivity index (χ3n) is 5.38. The van der Waals surface area contributed by atoms with Gasteiger partial charge in [0.1, 0.15) is 17.8 Å². The standard InChI is InChI=1S/C18H21N3O4/c1-25-15-7-3-2-5-12(15)16(22)19-11-9-14-18(24)20-8-4-6-13(20)17(23)21(14)10-11/h2-3,5,7,11,13-14H,4,6,8-10H2,1H3,(H,19,22)/t11-,13-,14-/m0/s1. The number of amides is 3. The quantitative estimate of drug-likeness (QED) is 0.862. The van der Waals surface area contributed by atoms with E-state index in [0.717, 1.165) is 12.8 Å². The van der Waals surface area contributed by atoms with Crippen LogP contribution in [-0.2, 0) is 9.59 Å². The molecule has 1 aromatic rings. The maximum Gasteiger partial charge on any atom is 0.255 e. The molecule has 3 amide bonds. The second-order valence-electron chi connectivity index (χ2n) is 6.80. The minimum absolute atomic E-state index is 0.0242. The molecule has 132 valence electrons. The van der Waals surface area contributed by atoms with E-state index in [4.69, 9.17) is 4.74 Å². The molecular weight excluding hydrogens is 322 g/mol. The minimum Gasteiger partial charge on any atom is -0.496 e. The lowest BCUT2D eigenvalue weighted by atomic mass is 10.1. The summed E-state index contributed by atoms with van der Waals surface area (Å²) in [5.41, 5.74) is 0.452. The van der Waals surface area contributed by atoms with Crippen molar-refractivity contribution in [1.82, 2.24) is 15.1 Å². The monoisotopic (exact) mass is 343 g/mol. The lowest BCUT2D eigenvalue weighted by Crippen LogP contribution is -2.60. The summed E-state index contributed by atoms with van der Waals surface area (Å²) < 4.78 is 5.22. The zero-order valence-electron chi connectivity index (χ0n) is 14.1. The highest BCUT2D eigenvalue weighted by molar-refractivity contribution is 5.99. The number of carbonyl (C=O) groups is 3. The van der Waals surface area contributed by atoms with Gasteiger partial charge in [0.05, 0.1) is 12.7 Å². The number of rotatable bonds is 3. The van der Waals surface area contributed by atoms with Gasteiger partial charge in [0.2, 0.25) is 11.8 Å². The Labute approximate surface area is 145 Å². The third kappa shape index (κ3) is 2.54. The molecule has 0 aromatic heterocycles. The summed E-state index contributed by atoms with van der Waals surface area (Å²) >= 11 is 0. The zero-order valence-corrected chi connectivity index (χ0v) is 14.1. The molecule has 3 fully saturated rings. The summed E-state index contributed by atoms with van der Waals surface area (Å²) in [5.74, 6) is 0.304. The van der Waals surface area contributed by atoms with Crippen LogP contribution in [0.3, 0.4) is 0 Å². The van der Waals surface area contributed by atoms with Crippen LogP contribution in [0.4, 0.5) is 0 Å². The van der Waals surface area contributed by atoms with Gasteiger partial charge in [-0.15, -0.1) is 0 Å². The molecule has 0 aliphatic carbocycles. The zero-order chi connectivity index (χ0) is 17.6. The topological polar surface area (TPSA) is 79.0 Å². The Balaban J connectivity index is 1.48. The fourth-order valence-corrected chi connectivity index (χ4v) is 4.18. The molecule has 25 heavy (non-hydrogen) atoms. The van der Waals surface area contributed by atoms with Gasteiger partial charge in [-0.3, -0.25) is 14.4 Å². The van der Waals surface area contributed by atoms with Gasteiger partial charge in [0.25, 0.3) is 5.91 Å². The van der Waals surface area contributed by atoms with Gasteiger partial charge < -0.3 is 19.9 Å². The van der Waals surface area contributed by atoms with Crippen LogP contribution < -0.4 is 10.1 Å². The van der Waals surface area contributed by atoms with Crippen LogP contribution in [0.15, 0.2) is 24.3 Å². The Bertz CT molecular complexity index is 705. The molecule has 3 aliphatic heterocycles. The number of ether oxygens (including phenoxy) is 1. The van der Waals surface area contributed by atoms with E-state index in [9.17, 15) is 14.4 Å². The van der Waals surface area contributed by atoms with Crippen LogP contribution in [0, 0.1) is 0 Å². The number of hydrogen-bond donors (Lipinski definition) is 1. The van der Waals surface area contributed by atoms with E-state index < -0.39 is 6.04 Å². The van der Waals surface area contributed by atoms with E-state index in [1.54, 1.807) is 34.1 Å². The smallest absolute Gasteiger partial charge is 0.255 e. The molecule has 3 saturated heterocycles. The number of nitrogens with zero attached hydrogens (tertiary/aromatic N) is 2. The Kier molecular flexibility index (Phi) is 3.86. The molecule has 3 atom stereocenters. The summed E-state index contributed by atoms with van der Waals surface area (Å²) in [4.78, 5) is 41.2. The highest BCUT2D eigenvalue weighted by Gasteiger charge is 2.51. The van der Waals surface area contributed by atoms with E-state index >= 15 is 0 Å². The number of para-hydroxylation sites is 1. The predicted octanol–water partition coefficient (Wildman–Crippen LogP) is 0.399. The van der Waals surface area contributed by atoms with Crippen LogP contribution in [-0.4, -0.2) is 65.8 Å². The summed E-state index contributed by atoms with van der Waals surface area (Å²) in [6, 6.07) is 6.04. The van der Waals surface area contributed by atoms with Crippen molar-refractivity contribution in [2.45, 2.75) is 37.4 Å². The number of carbonyl (C=O) groups excluding carboxylic acids is 3. The van der Waals surface area contributed by atoms with E-state index in [1.165, 1.54) is 7.11 Å². The van der Waals surface area contributed by atoms with Crippen molar-refractivity contribution in [1.29, 1.82) is 0 Å². The number of nitrogens with one attached hydrogen (secondary N) is 1. The van der Waals surface area contributed by atoms with Crippen molar-refractivity contribution in [3.63, 3.8) is 0 Å². The van der Waals surface area contributed by atoms with Gasteiger partial charge in [-0.05, 0) is 31.4 Å². The third-order valence-corrected chi connectivity index (χ3v) is 5.38. The minimum atomic E-state index is -0.440. The van der Waals surface area contributed by atoms with Gasteiger partial charge in [-0.25, -0.2) is 0 Å². The predicted molar refractivity (Wildman–Crippen MR) is 89.1 cm³/mol. The second-order valence-corrected chi connectivity index (χ2v) is 6.80. The fourth-order valence-electron chi connectivity index (χ4n) is 4.18. The molecule has 7 heteroatoms. The van der Waals surface area contributed by atoms with Gasteiger partial charge in [0.15, 0.2) is 0 Å².